The van der Waals surface area contributed by atoms with Gasteiger partial charge in [0.25, 0.3) is 0 Å². The van der Waals surface area contributed by atoms with Crippen LogP contribution < -0.4 is 9.47 Å². The number of methoxy groups -OCH3 is 2. The second-order valence-corrected chi connectivity index (χ2v) is 5.26. The first kappa shape index (κ1) is 15.4. The lowest BCUT2D eigenvalue weighted by atomic mass is 10.0. The van der Waals surface area contributed by atoms with E-state index in [2.05, 4.69) is 24.3 Å². The van der Waals surface area contributed by atoms with Gasteiger partial charge in [0.05, 0.1) is 14.2 Å². The first-order valence-electron chi connectivity index (χ1n) is 7.57. The van der Waals surface area contributed by atoms with Crippen molar-refractivity contribution in [1.29, 1.82) is 0 Å². The average Bonchev–Trinajstić information content (AvgIpc) is 2.55. The number of hydrogen-bond donors (Lipinski definition) is 0. The van der Waals surface area contributed by atoms with E-state index in [0.717, 1.165) is 24.3 Å². The number of rotatable bonds is 8. The summed E-state index contributed by atoms with van der Waals surface area (Å²) < 4.78 is 10.3. The van der Waals surface area contributed by atoms with Gasteiger partial charge in [-0.1, -0.05) is 30.7 Å². The topological polar surface area (TPSA) is 18.5 Å². The Morgan fingerprint density at radius 2 is 0.952 bits per heavy atom. The Morgan fingerprint density at radius 3 is 1.29 bits per heavy atom. The maximum Gasteiger partial charge on any atom is 0.118 e. The molecule has 0 saturated heterocycles. The van der Waals surface area contributed by atoms with E-state index in [1.807, 2.05) is 24.3 Å². The minimum absolute atomic E-state index is 0.929. The number of benzene rings is 2. The smallest absolute Gasteiger partial charge is 0.118 e. The fourth-order valence-corrected chi connectivity index (χ4v) is 2.42. The number of hydrogen-bond acceptors (Lipinski definition) is 2. The van der Waals surface area contributed by atoms with Crippen LogP contribution in [0.5, 0.6) is 11.5 Å². The Balaban J connectivity index is 1.64. The molecule has 0 aliphatic carbocycles. The summed E-state index contributed by atoms with van der Waals surface area (Å²) in [5, 5.41) is 0. The van der Waals surface area contributed by atoms with Gasteiger partial charge in [-0.25, -0.2) is 0 Å². The fourth-order valence-electron chi connectivity index (χ4n) is 2.42. The van der Waals surface area contributed by atoms with E-state index in [0.29, 0.717) is 0 Å². The van der Waals surface area contributed by atoms with Crippen molar-refractivity contribution in [2.75, 3.05) is 14.2 Å². The summed E-state index contributed by atoms with van der Waals surface area (Å²) in [7, 11) is 3.41. The highest BCUT2D eigenvalue weighted by Gasteiger charge is 1.97. The van der Waals surface area contributed by atoms with E-state index in [9.17, 15) is 0 Å². The van der Waals surface area contributed by atoms with Crippen LogP contribution in [0.1, 0.15) is 30.4 Å². The van der Waals surface area contributed by atoms with E-state index in [-0.39, 0.29) is 0 Å². The minimum Gasteiger partial charge on any atom is -0.497 e. The van der Waals surface area contributed by atoms with Gasteiger partial charge >= 0.3 is 0 Å². The fraction of sp³-hybridized carbons (Fsp3) is 0.368. The van der Waals surface area contributed by atoms with Gasteiger partial charge in [-0.2, -0.15) is 0 Å². The predicted octanol–water partition coefficient (Wildman–Crippen LogP) is 4.66. The molecule has 0 aliphatic rings. The number of aryl methyl sites for hydroxylation is 2. The summed E-state index contributed by atoms with van der Waals surface area (Å²) in [4.78, 5) is 0. The second kappa shape index (κ2) is 8.35. The predicted molar refractivity (Wildman–Crippen MR) is 87.2 cm³/mol. The molecule has 0 atom stereocenters. The van der Waals surface area contributed by atoms with Crippen molar-refractivity contribution in [3.8, 4) is 11.5 Å². The zero-order chi connectivity index (χ0) is 14.9. The van der Waals surface area contributed by atoms with Crippen LogP contribution in [-0.4, -0.2) is 14.2 Å². The molecule has 0 unspecified atom stereocenters. The molecule has 112 valence electrons. The molecule has 0 fully saturated rings. The third kappa shape index (κ3) is 5.14. The van der Waals surface area contributed by atoms with E-state index in [4.69, 9.17) is 9.47 Å². The third-order valence-corrected chi connectivity index (χ3v) is 3.75. The highest BCUT2D eigenvalue weighted by atomic mass is 16.5. The van der Waals surface area contributed by atoms with Gasteiger partial charge < -0.3 is 9.47 Å². The second-order valence-electron chi connectivity index (χ2n) is 5.26. The SMILES string of the molecule is COc1ccc(CCCCCc2ccc(OC)cc2)cc1. The lowest BCUT2D eigenvalue weighted by Gasteiger charge is -2.05. The molecule has 2 nitrogen and oxygen atoms in total. The zero-order valence-electron chi connectivity index (χ0n) is 13.0. The van der Waals surface area contributed by atoms with Gasteiger partial charge in [-0.05, 0) is 61.1 Å². The largest absolute Gasteiger partial charge is 0.497 e. The molecule has 0 N–H and O–H groups in total. The molecule has 0 saturated carbocycles. The molecule has 2 rings (SSSR count). The average molecular weight is 284 g/mol. The van der Waals surface area contributed by atoms with Crippen LogP contribution in [0, 0.1) is 0 Å². The molecule has 2 aromatic rings. The summed E-state index contributed by atoms with van der Waals surface area (Å²) in [5.74, 6) is 1.86. The van der Waals surface area contributed by atoms with Crippen LogP contribution in [0.25, 0.3) is 0 Å². The Labute approximate surface area is 127 Å². The van der Waals surface area contributed by atoms with Crippen molar-refractivity contribution in [2.24, 2.45) is 0 Å². The summed E-state index contributed by atoms with van der Waals surface area (Å²) in [6.45, 7) is 0. The number of ether oxygens (including phenoxy) is 2. The van der Waals surface area contributed by atoms with Gasteiger partial charge in [-0.15, -0.1) is 0 Å². The normalized spacial score (nSPS) is 10.4. The maximum absolute atomic E-state index is 5.17. The van der Waals surface area contributed by atoms with Gasteiger partial charge in [0.15, 0.2) is 0 Å². The van der Waals surface area contributed by atoms with Gasteiger partial charge in [0.2, 0.25) is 0 Å². The standard InChI is InChI=1S/C19H24O2/c1-20-18-12-8-16(9-13-18)6-4-3-5-7-17-10-14-19(21-2)15-11-17/h8-15H,3-7H2,1-2H3. The molecular formula is C19H24O2. The Hall–Kier alpha value is -1.96. The summed E-state index contributed by atoms with van der Waals surface area (Å²) >= 11 is 0. The van der Waals surface area contributed by atoms with Crippen molar-refractivity contribution in [3.63, 3.8) is 0 Å². The molecule has 0 spiro atoms. The monoisotopic (exact) mass is 284 g/mol. The number of unbranched alkanes of at least 4 members (excludes halogenated alkanes) is 2. The molecule has 0 heterocycles. The maximum atomic E-state index is 5.17. The Kier molecular flexibility index (Phi) is 6.14. The summed E-state index contributed by atoms with van der Waals surface area (Å²) in [6.07, 6.45) is 6.03. The molecule has 0 aliphatic heterocycles. The first-order chi connectivity index (χ1) is 10.3. The summed E-state index contributed by atoms with van der Waals surface area (Å²) in [5.41, 5.74) is 2.78. The van der Waals surface area contributed by atoms with Crippen molar-refractivity contribution in [2.45, 2.75) is 32.1 Å². The van der Waals surface area contributed by atoms with Crippen molar-refractivity contribution >= 4 is 0 Å². The lowest BCUT2D eigenvalue weighted by Crippen LogP contribution is -1.90. The van der Waals surface area contributed by atoms with Crippen molar-refractivity contribution in [1.82, 2.24) is 0 Å². The van der Waals surface area contributed by atoms with Crippen LogP contribution in [0.2, 0.25) is 0 Å². The Morgan fingerprint density at radius 1 is 0.571 bits per heavy atom. The van der Waals surface area contributed by atoms with Gasteiger partial charge in [0.1, 0.15) is 11.5 Å². The minimum atomic E-state index is 0.929. The first-order valence-corrected chi connectivity index (χ1v) is 7.57. The highest BCUT2D eigenvalue weighted by Crippen LogP contribution is 2.16. The lowest BCUT2D eigenvalue weighted by molar-refractivity contribution is 0.414. The molecule has 0 amide bonds. The summed E-state index contributed by atoms with van der Waals surface area (Å²) in [6, 6.07) is 16.8. The Bertz CT molecular complexity index is 465. The van der Waals surface area contributed by atoms with Crippen LogP contribution >= 0.6 is 0 Å². The van der Waals surface area contributed by atoms with E-state index >= 15 is 0 Å². The van der Waals surface area contributed by atoms with Gasteiger partial charge in [-0.3, -0.25) is 0 Å². The van der Waals surface area contributed by atoms with Crippen molar-refractivity contribution in [3.05, 3.63) is 59.7 Å². The van der Waals surface area contributed by atoms with Gasteiger partial charge in [0, 0.05) is 0 Å². The highest BCUT2D eigenvalue weighted by molar-refractivity contribution is 5.28. The van der Waals surface area contributed by atoms with E-state index in [1.54, 1.807) is 14.2 Å². The molecule has 0 bridgehead atoms. The third-order valence-electron chi connectivity index (χ3n) is 3.75. The molecule has 0 aromatic heterocycles. The van der Waals surface area contributed by atoms with E-state index < -0.39 is 0 Å². The van der Waals surface area contributed by atoms with E-state index in [1.165, 1.54) is 30.4 Å². The molecule has 2 heteroatoms. The van der Waals surface area contributed by atoms with Crippen LogP contribution in [0.4, 0.5) is 0 Å². The van der Waals surface area contributed by atoms with Crippen LogP contribution in [0.15, 0.2) is 48.5 Å². The van der Waals surface area contributed by atoms with Crippen molar-refractivity contribution < 1.29 is 9.47 Å². The van der Waals surface area contributed by atoms with Crippen LogP contribution in [-0.2, 0) is 12.8 Å². The molecule has 21 heavy (non-hydrogen) atoms. The molecule has 2 aromatic carbocycles. The molecular weight excluding hydrogens is 260 g/mol. The van der Waals surface area contributed by atoms with Crippen LogP contribution in [0.3, 0.4) is 0 Å². The molecule has 0 radical (unpaired) electrons. The quantitative estimate of drug-likeness (QED) is 0.656. The zero-order valence-corrected chi connectivity index (χ0v) is 13.0.